The van der Waals surface area contributed by atoms with Crippen molar-refractivity contribution >= 4 is 11.8 Å². The van der Waals surface area contributed by atoms with Gasteiger partial charge in [-0.2, -0.15) is 0 Å². The zero-order valence-corrected chi connectivity index (χ0v) is 18.3. The minimum Gasteiger partial charge on any atom is -0.460 e. The molecule has 1 unspecified atom stereocenters. The molecule has 0 saturated carbocycles. The van der Waals surface area contributed by atoms with Gasteiger partial charge in [-0.3, -0.25) is 14.5 Å². The summed E-state index contributed by atoms with van der Waals surface area (Å²) in [6.07, 6.45) is 1.66. The van der Waals surface area contributed by atoms with Crippen molar-refractivity contribution in [3.05, 3.63) is 71.8 Å². The van der Waals surface area contributed by atoms with Crippen molar-refractivity contribution in [1.29, 1.82) is 0 Å². The van der Waals surface area contributed by atoms with Gasteiger partial charge in [0.15, 0.2) is 5.78 Å². The first kappa shape index (κ1) is 20.8. The molecule has 2 aliphatic heterocycles. The van der Waals surface area contributed by atoms with E-state index in [1.165, 1.54) is 0 Å². The summed E-state index contributed by atoms with van der Waals surface area (Å²) in [6.45, 7) is 7.84. The number of ketones is 1. The molecule has 2 aromatic carbocycles. The molecule has 0 aromatic heterocycles. The van der Waals surface area contributed by atoms with E-state index >= 15 is 0 Å². The van der Waals surface area contributed by atoms with Gasteiger partial charge < -0.3 is 4.74 Å². The summed E-state index contributed by atoms with van der Waals surface area (Å²) in [5.74, 6) is -0.300. The fourth-order valence-corrected chi connectivity index (χ4v) is 5.39. The Hall–Kier alpha value is -2.46. The number of esters is 1. The van der Waals surface area contributed by atoms with Crippen LogP contribution in [0.2, 0.25) is 0 Å². The van der Waals surface area contributed by atoms with Crippen LogP contribution in [0.15, 0.2) is 60.7 Å². The maximum absolute atomic E-state index is 13.6. The maximum Gasteiger partial charge on any atom is 0.311 e. The van der Waals surface area contributed by atoms with E-state index in [4.69, 9.17) is 4.74 Å². The van der Waals surface area contributed by atoms with E-state index in [9.17, 15) is 9.59 Å². The van der Waals surface area contributed by atoms with E-state index in [0.29, 0.717) is 19.3 Å². The van der Waals surface area contributed by atoms with Gasteiger partial charge >= 0.3 is 5.97 Å². The fraction of sp³-hybridized carbons (Fsp3) is 0.462. The third-order valence-electron chi connectivity index (χ3n) is 6.57. The minimum atomic E-state index is -0.791. The molecule has 2 fully saturated rings. The van der Waals surface area contributed by atoms with Gasteiger partial charge in [-0.1, -0.05) is 60.7 Å². The number of hydrogen-bond donors (Lipinski definition) is 0. The van der Waals surface area contributed by atoms with E-state index in [1.54, 1.807) is 0 Å². The lowest BCUT2D eigenvalue weighted by molar-refractivity contribution is -0.161. The molecule has 0 spiro atoms. The van der Waals surface area contributed by atoms with Gasteiger partial charge in [0.25, 0.3) is 0 Å². The Bertz CT molecular complexity index is 918. The van der Waals surface area contributed by atoms with Gasteiger partial charge in [0, 0.05) is 18.5 Å². The van der Waals surface area contributed by atoms with Crippen LogP contribution < -0.4 is 0 Å². The number of rotatable bonds is 4. The normalized spacial score (nSPS) is 27.7. The second-order valence-corrected chi connectivity index (χ2v) is 9.59. The number of benzene rings is 2. The second kappa shape index (κ2) is 7.66. The molecule has 2 heterocycles. The average Bonchev–Trinajstić information content (AvgIpc) is 3.00. The molecule has 2 saturated heterocycles. The molecule has 2 aliphatic rings. The number of piperidine rings is 1. The minimum absolute atomic E-state index is 0.00749. The lowest BCUT2D eigenvalue weighted by atomic mass is 9.78. The number of fused-ring (bicyclic) bond motifs is 2. The van der Waals surface area contributed by atoms with E-state index in [2.05, 4.69) is 24.0 Å². The Morgan fingerprint density at radius 3 is 2.27 bits per heavy atom. The Morgan fingerprint density at radius 1 is 1.07 bits per heavy atom. The quantitative estimate of drug-likeness (QED) is 0.669. The molecule has 158 valence electrons. The lowest BCUT2D eigenvalue weighted by Gasteiger charge is -2.47. The van der Waals surface area contributed by atoms with Crippen molar-refractivity contribution < 1.29 is 14.3 Å². The first-order valence-corrected chi connectivity index (χ1v) is 10.9. The Kier molecular flexibility index (Phi) is 5.31. The van der Waals surface area contributed by atoms with Gasteiger partial charge in [0.1, 0.15) is 11.1 Å². The van der Waals surface area contributed by atoms with Gasteiger partial charge in [-0.25, -0.2) is 0 Å². The highest BCUT2D eigenvalue weighted by atomic mass is 16.6. The molecule has 0 amide bonds. The first-order valence-electron chi connectivity index (χ1n) is 10.9. The molecule has 2 bridgehead atoms. The van der Waals surface area contributed by atoms with Crippen LogP contribution in [0.4, 0.5) is 0 Å². The number of nitrogens with zero attached hydrogens (tertiary/aromatic N) is 1. The van der Waals surface area contributed by atoms with E-state index in [0.717, 1.165) is 11.1 Å². The van der Waals surface area contributed by atoms with Crippen molar-refractivity contribution in [3.63, 3.8) is 0 Å². The van der Waals surface area contributed by atoms with Crippen LogP contribution in [0.5, 0.6) is 0 Å². The van der Waals surface area contributed by atoms with Crippen LogP contribution in [0.1, 0.15) is 64.1 Å². The number of hydrogen-bond acceptors (Lipinski definition) is 4. The summed E-state index contributed by atoms with van der Waals surface area (Å²) in [7, 11) is 0. The number of ether oxygens (including phenoxy) is 1. The highest BCUT2D eigenvalue weighted by Gasteiger charge is 2.62. The molecule has 4 nitrogen and oxygen atoms in total. The van der Waals surface area contributed by atoms with Crippen molar-refractivity contribution in [1.82, 2.24) is 4.90 Å². The predicted molar refractivity (Wildman–Crippen MR) is 117 cm³/mol. The van der Waals surface area contributed by atoms with Crippen molar-refractivity contribution in [2.24, 2.45) is 5.92 Å². The number of carbonyl (C=O) groups excluding carboxylic acids is 2. The van der Waals surface area contributed by atoms with E-state index in [1.807, 2.05) is 69.3 Å². The summed E-state index contributed by atoms with van der Waals surface area (Å²) >= 11 is 0. The molecular formula is C26H31NO3. The van der Waals surface area contributed by atoms with Crippen LogP contribution in [-0.4, -0.2) is 28.3 Å². The van der Waals surface area contributed by atoms with Crippen molar-refractivity contribution in [2.45, 2.75) is 70.2 Å². The van der Waals surface area contributed by atoms with Gasteiger partial charge in [-0.15, -0.1) is 0 Å². The largest absolute Gasteiger partial charge is 0.460 e. The van der Waals surface area contributed by atoms with Gasteiger partial charge in [0.05, 0.1) is 5.92 Å². The Balaban J connectivity index is 1.82. The molecule has 0 N–H and O–H groups in total. The molecule has 0 aliphatic carbocycles. The monoisotopic (exact) mass is 405 g/mol. The zero-order chi connectivity index (χ0) is 21.5. The summed E-state index contributed by atoms with van der Waals surface area (Å²) in [6, 6.07) is 20.2. The predicted octanol–water partition coefficient (Wildman–Crippen LogP) is 5.04. The first-order chi connectivity index (χ1) is 14.2. The second-order valence-electron chi connectivity index (χ2n) is 9.59. The summed E-state index contributed by atoms with van der Waals surface area (Å²) < 4.78 is 5.80. The molecule has 4 atom stereocenters. The van der Waals surface area contributed by atoms with Crippen LogP contribution in [0, 0.1) is 5.92 Å². The van der Waals surface area contributed by atoms with E-state index < -0.39 is 11.1 Å². The number of carbonyl (C=O) groups is 2. The third kappa shape index (κ3) is 3.47. The van der Waals surface area contributed by atoms with Gasteiger partial charge in [-0.05, 0) is 51.7 Å². The standard InChI is InChI=1S/C26H31NO3/c1-18(19-11-7-5-8-12-19)27-22-15-16-23(28)26(27,20-13-9-6-10-14-20)17-21(22)24(29)30-25(2,3)4/h5-14,18,21-22H,15-17H2,1-4H3/t18?,21-,22+,26-/m0/s1. The topological polar surface area (TPSA) is 46.6 Å². The van der Waals surface area contributed by atoms with Crippen LogP contribution in [0.3, 0.4) is 0 Å². The molecular weight excluding hydrogens is 374 g/mol. The Labute approximate surface area is 179 Å². The maximum atomic E-state index is 13.6. The number of Topliss-reactive ketones (excluding diaryl/α,β-unsaturated/α-hetero) is 1. The average molecular weight is 406 g/mol. The SMILES string of the molecule is CC(c1ccccc1)N1[C@@H]2CCC(=O)[C@@]1(c1ccccc1)C[C@@H]2C(=O)OC(C)(C)C. The van der Waals surface area contributed by atoms with Crippen LogP contribution in [-0.2, 0) is 19.9 Å². The fourth-order valence-electron chi connectivity index (χ4n) is 5.39. The summed E-state index contributed by atoms with van der Waals surface area (Å²) in [5, 5.41) is 0. The lowest BCUT2D eigenvalue weighted by Crippen LogP contribution is -2.55. The molecule has 4 rings (SSSR count). The third-order valence-corrected chi connectivity index (χ3v) is 6.57. The van der Waals surface area contributed by atoms with E-state index in [-0.39, 0.29) is 29.8 Å². The zero-order valence-electron chi connectivity index (χ0n) is 18.3. The highest BCUT2D eigenvalue weighted by Crippen LogP contribution is 2.55. The van der Waals surface area contributed by atoms with Crippen LogP contribution in [0.25, 0.3) is 0 Å². The molecule has 2 aromatic rings. The van der Waals surface area contributed by atoms with Gasteiger partial charge in [0.2, 0.25) is 0 Å². The molecule has 4 heteroatoms. The highest BCUT2D eigenvalue weighted by molar-refractivity contribution is 5.93. The Morgan fingerprint density at radius 2 is 1.67 bits per heavy atom. The molecule has 30 heavy (non-hydrogen) atoms. The van der Waals surface area contributed by atoms with Crippen molar-refractivity contribution in [2.75, 3.05) is 0 Å². The van der Waals surface area contributed by atoms with Crippen LogP contribution >= 0.6 is 0 Å². The smallest absolute Gasteiger partial charge is 0.311 e. The van der Waals surface area contributed by atoms with Crippen molar-refractivity contribution in [3.8, 4) is 0 Å². The summed E-state index contributed by atoms with van der Waals surface area (Å²) in [4.78, 5) is 29.1. The molecule has 0 radical (unpaired) electrons. The summed E-state index contributed by atoms with van der Waals surface area (Å²) in [5.41, 5.74) is 0.796.